The Morgan fingerprint density at radius 3 is 2.46 bits per heavy atom. The van der Waals surface area contributed by atoms with Gasteiger partial charge >= 0.3 is 0 Å². The van der Waals surface area contributed by atoms with Gasteiger partial charge in [-0.25, -0.2) is 4.98 Å². The Kier molecular flexibility index (Phi) is 5.01. The van der Waals surface area contributed by atoms with Gasteiger partial charge in [-0.3, -0.25) is 4.79 Å². The zero-order valence-corrected chi connectivity index (χ0v) is 15.4. The Morgan fingerprint density at radius 2 is 1.85 bits per heavy atom. The van der Waals surface area contributed by atoms with E-state index in [1.54, 1.807) is 6.33 Å². The van der Waals surface area contributed by atoms with E-state index in [4.69, 9.17) is 0 Å². The van der Waals surface area contributed by atoms with E-state index in [1.165, 1.54) is 6.92 Å². The average molecular weight is 353 g/mol. The van der Waals surface area contributed by atoms with E-state index in [9.17, 15) is 4.79 Å². The van der Waals surface area contributed by atoms with Crippen LogP contribution in [0.1, 0.15) is 33.7 Å². The lowest BCUT2D eigenvalue weighted by molar-refractivity contribution is -0.114. The highest BCUT2D eigenvalue weighted by atomic mass is 16.1. The van der Waals surface area contributed by atoms with E-state index in [2.05, 4.69) is 44.7 Å². The lowest BCUT2D eigenvalue weighted by Gasteiger charge is -2.12. The summed E-state index contributed by atoms with van der Waals surface area (Å²) < 4.78 is 2.02. The molecule has 0 atom stereocenters. The first-order valence-corrected chi connectivity index (χ1v) is 8.61. The molecule has 2 aromatic heterocycles. The fourth-order valence-corrected chi connectivity index (χ4v) is 2.60. The van der Waals surface area contributed by atoms with Crippen LogP contribution in [0.3, 0.4) is 0 Å². The highest BCUT2D eigenvalue weighted by molar-refractivity contribution is 5.89. The fourth-order valence-electron chi connectivity index (χ4n) is 2.60. The van der Waals surface area contributed by atoms with E-state index in [-0.39, 0.29) is 11.9 Å². The number of fused-ring (bicyclic) bond motifs is 1. The molecule has 8 heteroatoms. The second-order valence-corrected chi connectivity index (χ2v) is 6.23. The molecule has 8 nitrogen and oxygen atoms in total. The van der Waals surface area contributed by atoms with E-state index in [1.807, 2.05) is 35.8 Å². The minimum Gasteiger partial charge on any atom is -0.354 e. The molecule has 0 spiro atoms. The molecule has 3 rings (SSSR count). The SMILES string of the molecule is CCNc1nc(Nc2ccc(NC(C)=O)cc2)c2ncn(C(C)C)c2n1. The molecule has 3 aromatic rings. The highest BCUT2D eigenvalue weighted by Gasteiger charge is 2.15. The standard InChI is InChI=1S/C18H23N7O/c1-5-19-18-23-16(15-17(24-18)25(10-20-15)11(2)3)22-14-8-6-13(7-9-14)21-12(4)26/h6-11H,5H2,1-4H3,(H,21,26)(H2,19,22,23,24). The Labute approximate surface area is 152 Å². The third-order valence-corrected chi connectivity index (χ3v) is 3.78. The molecule has 1 aromatic carbocycles. The van der Waals surface area contributed by atoms with Gasteiger partial charge in [0.05, 0.1) is 6.33 Å². The molecule has 2 heterocycles. The summed E-state index contributed by atoms with van der Waals surface area (Å²) in [6.07, 6.45) is 1.78. The molecule has 136 valence electrons. The van der Waals surface area contributed by atoms with Crippen molar-refractivity contribution in [2.45, 2.75) is 33.7 Å². The molecule has 0 bridgehead atoms. The van der Waals surface area contributed by atoms with Gasteiger partial charge in [0.1, 0.15) is 0 Å². The summed E-state index contributed by atoms with van der Waals surface area (Å²) in [6.45, 7) is 8.39. The minimum atomic E-state index is -0.0993. The lowest BCUT2D eigenvalue weighted by Crippen LogP contribution is -2.08. The van der Waals surface area contributed by atoms with Crippen LogP contribution >= 0.6 is 0 Å². The molecule has 0 aliphatic carbocycles. The molecule has 0 radical (unpaired) electrons. The fraction of sp³-hybridized carbons (Fsp3) is 0.333. The summed E-state index contributed by atoms with van der Waals surface area (Å²) >= 11 is 0. The Hall–Kier alpha value is -3.16. The van der Waals surface area contributed by atoms with Crippen LogP contribution in [0.4, 0.5) is 23.1 Å². The van der Waals surface area contributed by atoms with Crippen LogP contribution in [-0.4, -0.2) is 32.0 Å². The average Bonchev–Trinajstić information content (AvgIpc) is 3.01. The summed E-state index contributed by atoms with van der Waals surface area (Å²) in [5, 5.41) is 9.21. The van der Waals surface area contributed by atoms with Gasteiger partial charge in [-0.1, -0.05) is 0 Å². The van der Waals surface area contributed by atoms with Crippen molar-refractivity contribution >= 4 is 40.2 Å². The van der Waals surface area contributed by atoms with Gasteiger partial charge in [0.2, 0.25) is 11.9 Å². The van der Waals surface area contributed by atoms with Gasteiger partial charge in [-0.05, 0) is 45.0 Å². The van der Waals surface area contributed by atoms with Gasteiger partial charge < -0.3 is 20.5 Å². The van der Waals surface area contributed by atoms with Gasteiger partial charge in [0.25, 0.3) is 0 Å². The van der Waals surface area contributed by atoms with Crippen molar-refractivity contribution < 1.29 is 4.79 Å². The van der Waals surface area contributed by atoms with Gasteiger partial charge in [0, 0.05) is 30.9 Å². The molecule has 0 saturated carbocycles. The summed E-state index contributed by atoms with van der Waals surface area (Å²) in [7, 11) is 0. The summed E-state index contributed by atoms with van der Waals surface area (Å²) in [4.78, 5) is 24.8. The van der Waals surface area contributed by atoms with E-state index in [0.29, 0.717) is 17.3 Å². The molecular weight excluding hydrogens is 330 g/mol. The summed E-state index contributed by atoms with van der Waals surface area (Å²) in [5.74, 6) is 1.09. The van der Waals surface area contributed by atoms with Crippen LogP contribution in [0, 0.1) is 0 Å². The van der Waals surface area contributed by atoms with Gasteiger partial charge in [0.15, 0.2) is 17.0 Å². The van der Waals surface area contributed by atoms with Crippen LogP contribution in [-0.2, 0) is 4.79 Å². The number of rotatable bonds is 6. The number of benzene rings is 1. The number of carbonyl (C=O) groups is 1. The number of carbonyl (C=O) groups excluding carboxylic acids is 1. The quantitative estimate of drug-likeness (QED) is 0.627. The van der Waals surface area contributed by atoms with E-state index >= 15 is 0 Å². The zero-order valence-electron chi connectivity index (χ0n) is 15.4. The molecule has 0 aliphatic rings. The smallest absolute Gasteiger partial charge is 0.226 e. The van der Waals surface area contributed by atoms with Crippen molar-refractivity contribution in [1.82, 2.24) is 19.5 Å². The maximum Gasteiger partial charge on any atom is 0.226 e. The van der Waals surface area contributed by atoms with Crippen LogP contribution < -0.4 is 16.0 Å². The Balaban J connectivity index is 1.96. The number of nitrogens with zero attached hydrogens (tertiary/aromatic N) is 4. The molecular formula is C18H23N7O. The number of aromatic nitrogens is 4. The van der Waals surface area contributed by atoms with Gasteiger partial charge in [-0.15, -0.1) is 0 Å². The Morgan fingerprint density at radius 1 is 1.15 bits per heavy atom. The molecule has 0 fully saturated rings. The third kappa shape index (κ3) is 3.74. The molecule has 26 heavy (non-hydrogen) atoms. The van der Waals surface area contributed by atoms with Crippen LogP contribution in [0.2, 0.25) is 0 Å². The number of hydrogen-bond acceptors (Lipinski definition) is 6. The lowest BCUT2D eigenvalue weighted by atomic mass is 10.2. The van der Waals surface area contributed by atoms with E-state index < -0.39 is 0 Å². The number of amides is 1. The van der Waals surface area contributed by atoms with Crippen molar-refractivity contribution in [3.8, 4) is 0 Å². The maximum absolute atomic E-state index is 11.1. The first-order valence-electron chi connectivity index (χ1n) is 8.61. The largest absolute Gasteiger partial charge is 0.354 e. The van der Waals surface area contributed by atoms with Crippen molar-refractivity contribution in [2.75, 3.05) is 22.5 Å². The second-order valence-electron chi connectivity index (χ2n) is 6.23. The van der Waals surface area contributed by atoms with Gasteiger partial charge in [-0.2, -0.15) is 9.97 Å². The monoisotopic (exact) mass is 353 g/mol. The zero-order chi connectivity index (χ0) is 18.7. The number of nitrogens with one attached hydrogen (secondary N) is 3. The van der Waals surface area contributed by atoms with Crippen LogP contribution in [0.25, 0.3) is 11.2 Å². The van der Waals surface area contributed by atoms with Crippen LogP contribution in [0.5, 0.6) is 0 Å². The molecule has 0 aliphatic heterocycles. The second kappa shape index (κ2) is 7.38. The predicted octanol–water partition coefficient (Wildman–Crippen LogP) is 3.54. The number of anilines is 4. The summed E-state index contributed by atoms with van der Waals surface area (Å²) in [6, 6.07) is 7.67. The first-order chi connectivity index (χ1) is 12.5. The van der Waals surface area contributed by atoms with Crippen LogP contribution in [0.15, 0.2) is 30.6 Å². The normalized spacial score (nSPS) is 11.0. The molecule has 0 unspecified atom stereocenters. The molecule has 3 N–H and O–H groups in total. The third-order valence-electron chi connectivity index (χ3n) is 3.78. The Bertz CT molecular complexity index is 915. The minimum absolute atomic E-state index is 0.0993. The van der Waals surface area contributed by atoms with Crippen molar-refractivity contribution in [2.24, 2.45) is 0 Å². The predicted molar refractivity (Wildman–Crippen MR) is 104 cm³/mol. The maximum atomic E-state index is 11.1. The first kappa shape index (κ1) is 17.7. The van der Waals surface area contributed by atoms with Crippen molar-refractivity contribution in [1.29, 1.82) is 0 Å². The van der Waals surface area contributed by atoms with Crippen molar-refractivity contribution in [3.05, 3.63) is 30.6 Å². The summed E-state index contributed by atoms with van der Waals surface area (Å²) in [5.41, 5.74) is 3.09. The molecule has 1 amide bonds. The van der Waals surface area contributed by atoms with E-state index in [0.717, 1.165) is 23.6 Å². The number of hydrogen-bond donors (Lipinski definition) is 3. The number of imidazole rings is 1. The van der Waals surface area contributed by atoms with Crippen molar-refractivity contribution in [3.63, 3.8) is 0 Å². The highest BCUT2D eigenvalue weighted by Crippen LogP contribution is 2.26. The topological polar surface area (TPSA) is 96.8 Å². The molecule has 0 saturated heterocycles.